The van der Waals surface area contributed by atoms with Crippen LogP contribution in [-0.2, 0) is 28.9 Å². The van der Waals surface area contributed by atoms with Crippen molar-refractivity contribution in [1.29, 1.82) is 0 Å². The summed E-state index contributed by atoms with van der Waals surface area (Å²) >= 11 is 24.5. The topological polar surface area (TPSA) is 60.9 Å². The molecule has 0 spiro atoms. The molecule has 1 saturated heterocycles. The molecule has 1 heterocycles. The Kier molecular flexibility index (Phi) is 11.8. The number of benzene rings is 3. The lowest BCUT2D eigenvalue weighted by molar-refractivity contribution is -0.147. The minimum absolute atomic E-state index is 0.0278. The van der Waals surface area contributed by atoms with Crippen molar-refractivity contribution in [1.82, 2.24) is 9.80 Å². The number of rotatable bonds is 11. The number of nitrogens with zero attached hydrogens (tertiary/aromatic N) is 2. The fraction of sp³-hybridized carbons (Fsp3) is 0.375. The van der Waals surface area contributed by atoms with Crippen LogP contribution in [0.5, 0.6) is 0 Å². The number of hydrogen-bond donors (Lipinski definition) is 1. The standard InChI is InChI=1S/C32H34Cl4N2O3/c33-27-12-8-23(18-29(27)35)10-14-31(40)37-21-26(17-22-5-2-1-3-6-22)38(20-25(37)7-4-16-39)32(41)15-11-24-9-13-28(34)30(36)19-24/h1-3,5-6,8-9,12-13,18-19,25-26,39H,4,7,10-11,14-17,20-21H2/t25?,26-/m1/s1. The number of carbonyl (C=O) groups excluding carboxylic acids is 2. The molecule has 0 bridgehead atoms. The quantitative estimate of drug-likeness (QED) is 0.241. The largest absolute Gasteiger partial charge is 0.396 e. The van der Waals surface area contributed by atoms with Gasteiger partial charge in [0.25, 0.3) is 0 Å². The molecule has 3 aromatic rings. The van der Waals surface area contributed by atoms with Gasteiger partial charge in [0, 0.05) is 38.6 Å². The van der Waals surface area contributed by atoms with Crippen LogP contribution in [0.2, 0.25) is 20.1 Å². The maximum absolute atomic E-state index is 13.7. The van der Waals surface area contributed by atoms with Crippen LogP contribution in [-0.4, -0.2) is 58.5 Å². The molecule has 1 N–H and O–H groups in total. The smallest absolute Gasteiger partial charge is 0.223 e. The van der Waals surface area contributed by atoms with Crippen molar-refractivity contribution in [2.24, 2.45) is 0 Å². The summed E-state index contributed by atoms with van der Waals surface area (Å²) in [5.74, 6) is 0.0638. The summed E-state index contributed by atoms with van der Waals surface area (Å²) in [7, 11) is 0. The van der Waals surface area contributed by atoms with Crippen molar-refractivity contribution < 1.29 is 14.7 Å². The van der Waals surface area contributed by atoms with Gasteiger partial charge in [-0.15, -0.1) is 0 Å². The molecule has 1 aliphatic heterocycles. The zero-order chi connectivity index (χ0) is 29.4. The molecular formula is C32H34Cl4N2O3. The molecule has 4 rings (SSSR count). The van der Waals surface area contributed by atoms with Gasteiger partial charge in [-0.25, -0.2) is 0 Å². The number of piperazine rings is 1. The number of aliphatic hydroxyl groups excluding tert-OH is 1. The second kappa shape index (κ2) is 15.3. The van der Waals surface area contributed by atoms with Crippen molar-refractivity contribution in [2.75, 3.05) is 19.7 Å². The van der Waals surface area contributed by atoms with E-state index in [1.165, 1.54) is 0 Å². The maximum atomic E-state index is 13.7. The Bertz CT molecular complexity index is 1340. The van der Waals surface area contributed by atoms with Crippen LogP contribution in [0.25, 0.3) is 0 Å². The van der Waals surface area contributed by atoms with E-state index < -0.39 is 0 Å². The lowest BCUT2D eigenvalue weighted by Gasteiger charge is -2.47. The Morgan fingerprint density at radius 1 is 0.683 bits per heavy atom. The van der Waals surface area contributed by atoms with E-state index in [0.29, 0.717) is 78.1 Å². The van der Waals surface area contributed by atoms with Gasteiger partial charge in [0.05, 0.1) is 26.1 Å². The minimum atomic E-state index is -0.176. The van der Waals surface area contributed by atoms with Gasteiger partial charge < -0.3 is 14.9 Å². The summed E-state index contributed by atoms with van der Waals surface area (Å²) in [6.07, 6.45) is 3.52. The summed E-state index contributed by atoms with van der Waals surface area (Å²) in [6.45, 7) is 0.889. The number of carbonyl (C=O) groups is 2. The van der Waals surface area contributed by atoms with E-state index in [2.05, 4.69) is 0 Å². The molecule has 2 atom stereocenters. The summed E-state index contributed by atoms with van der Waals surface area (Å²) < 4.78 is 0. The third-order valence-corrected chi connectivity index (χ3v) is 9.05. The van der Waals surface area contributed by atoms with Gasteiger partial charge in [-0.2, -0.15) is 0 Å². The minimum Gasteiger partial charge on any atom is -0.396 e. The summed E-state index contributed by atoms with van der Waals surface area (Å²) in [5, 5.41) is 11.5. The van der Waals surface area contributed by atoms with Gasteiger partial charge in [0.15, 0.2) is 0 Å². The third kappa shape index (κ3) is 8.86. The first kappa shape index (κ1) is 31.7. The van der Waals surface area contributed by atoms with E-state index in [4.69, 9.17) is 46.4 Å². The van der Waals surface area contributed by atoms with E-state index in [9.17, 15) is 14.7 Å². The van der Waals surface area contributed by atoms with Gasteiger partial charge in [-0.05, 0) is 73.1 Å². The molecule has 0 aliphatic carbocycles. The van der Waals surface area contributed by atoms with Crippen LogP contribution in [0.3, 0.4) is 0 Å². The van der Waals surface area contributed by atoms with Crippen molar-refractivity contribution >= 4 is 58.2 Å². The molecule has 218 valence electrons. The number of hydrogen-bond acceptors (Lipinski definition) is 3. The zero-order valence-corrected chi connectivity index (χ0v) is 25.8. The fourth-order valence-corrected chi connectivity index (χ4v) is 6.02. The molecule has 0 radical (unpaired) electrons. The molecule has 1 aliphatic rings. The predicted octanol–water partition coefficient (Wildman–Crippen LogP) is 7.29. The van der Waals surface area contributed by atoms with E-state index in [-0.39, 0.29) is 30.5 Å². The van der Waals surface area contributed by atoms with Crippen molar-refractivity contribution in [3.05, 3.63) is 104 Å². The molecule has 3 aromatic carbocycles. The molecule has 0 saturated carbocycles. The van der Waals surface area contributed by atoms with Gasteiger partial charge >= 0.3 is 0 Å². The molecule has 41 heavy (non-hydrogen) atoms. The Morgan fingerprint density at radius 2 is 1.20 bits per heavy atom. The van der Waals surface area contributed by atoms with Gasteiger partial charge in [-0.1, -0.05) is 88.9 Å². The van der Waals surface area contributed by atoms with Gasteiger partial charge in [0.2, 0.25) is 11.8 Å². The Morgan fingerprint density at radius 3 is 1.71 bits per heavy atom. The van der Waals surface area contributed by atoms with Crippen LogP contribution in [0.1, 0.15) is 42.4 Å². The molecule has 1 fully saturated rings. The van der Waals surface area contributed by atoms with E-state index in [1.807, 2.05) is 52.3 Å². The zero-order valence-electron chi connectivity index (χ0n) is 22.7. The second-order valence-electron chi connectivity index (χ2n) is 10.5. The highest BCUT2D eigenvalue weighted by molar-refractivity contribution is 6.42. The average Bonchev–Trinajstić information content (AvgIpc) is 2.97. The molecule has 9 heteroatoms. The highest BCUT2D eigenvalue weighted by Crippen LogP contribution is 2.27. The van der Waals surface area contributed by atoms with E-state index in [1.54, 1.807) is 24.3 Å². The maximum Gasteiger partial charge on any atom is 0.223 e. The predicted molar refractivity (Wildman–Crippen MR) is 167 cm³/mol. The number of amides is 2. The first-order valence-electron chi connectivity index (χ1n) is 13.9. The fourth-order valence-electron chi connectivity index (χ4n) is 5.38. The SMILES string of the molecule is O=C(CCc1ccc(Cl)c(Cl)c1)N1C[C@@H](Cc2ccccc2)N(C(=O)CCc2ccc(Cl)c(Cl)c2)CC1CCCO. The molecule has 2 amide bonds. The summed E-state index contributed by atoms with van der Waals surface area (Å²) in [4.78, 5) is 31.2. The van der Waals surface area contributed by atoms with Crippen LogP contribution in [0.4, 0.5) is 0 Å². The monoisotopic (exact) mass is 634 g/mol. The molecular weight excluding hydrogens is 602 g/mol. The third-order valence-electron chi connectivity index (χ3n) is 7.57. The number of halogens is 4. The van der Waals surface area contributed by atoms with Crippen molar-refractivity contribution in [3.8, 4) is 0 Å². The van der Waals surface area contributed by atoms with Crippen LogP contribution in [0, 0.1) is 0 Å². The van der Waals surface area contributed by atoms with Gasteiger partial charge in [-0.3, -0.25) is 9.59 Å². The van der Waals surface area contributed by atoms with Crippen molar-refractivity contribution in [3.63, 3.8) is 0 Å². The Balaban J connectivity index is 1.51. The lowest BCUT2D eigenvalue weighted by atomic mass is 9.95. The summed E-state index contributed by atoms with van der Waals surface area (Å²) in [6, 6.07) is 20.5. The van der Waals surface area contributed by atoms with Crippen molar-refractivity contribution in [2.45, 2.75) is 57.0 Å². The first-order chi connectivity index (χ1) is 19.7. The van der Waals surface area contributed by atoms with E-state index >= 15 is 0 Å². The first-order valence-corrected chi connectivity index (χ1v) is 15.4. The Labute approximate surface area is 261 Å². The molecule has 0 aromatic heterocycles. The molecule has 1 unspecified atom stereocenters. The van der Waals surface area contributed by atoms with Crippen LogP contribution >= 0.6 is 46.4 Å². The average molecular weight is 636 g/mol. The second-order valence-corrected chi connectivity index (χ2v) is 12.1. The number of aryl methyl sites for hydroxylation is 2. The van der Waals surface area contributed by atoms with E-state index in [0.717, 1.165) is 16.7 Å². The number of aliphatic hydroxyl groups is 1. The highest BCUT2D eigenvalue weighted by Gasteiger charge is 2.37. The highest BCUT2D eigenvalue weighted by atomic mass is 35.5. The lowest BCUT2D eigenvalue weighted by Crippen LogP contribution is -2.62. The Hall–Kier alpha value is -2.28. The van der Waals surface area contributed by atoms with Crippen LogP contribution in [0.15, 0.2) is 66.7 Å². The molecule has 5 nitrogen and oxygen atoms in total. The van der Waals surface area contributed by atoms with Crippen LogP contribution < -0.4 is 0 Å². The normalized spacial score (nSPS) is 17.1. The van der Waals surface area contributed by atoms with Gasteiger partial charge in [0.1, 0.15) is 0 Å². The summed E-state index contributed by atoms with van der Waals surface area (Å²) in [5.41, 5.74) is 2.99.